The second kappa shape index (κ2) is 6.79. The van der Waals surface area contributed by atoms with Gasteiger partial charge in [-0.3, -0.25) is 0 Å². The maximum atomic E-state index is 12.9. The number of carboxylic acids is 2. The Kier molecular flexibility index (Phi) is 4.40. The Hall–Kier alpha value is -3.57. The zero-order valence-corrected chi connectivity index (χ0v) is 15.9. The third kappa shape index (κ3) is 3.37. The van der Waals surface area contributed by atoms with Gasteiger partial charge >= 0.3 is 22.1 Å². The number of fused-ring (bicyclic) bond motifs is 3. The zero-order chi connectivity index (χ0) is 20.8. The van der Waals surface area contributed by atoms with E-state index in [2.05, 4.69) is 9.59 Å². The predicted octanol–water partition coefficient (Wildman–Crippen LogP) is 3.01. The molecule has 146 valence electrons. The molecule has 0 radical (unpaired) electrons. The minimum atomic E-state index is -4.40. The van der Waals surface area contributed by atoms with Gasteiger partial charge in [0.2, 0.25) is 0 Å². The quantitative estimate of drug-likeness (QED) is 0.456. The van der Waals surface area contributed by atoms with Crippen LogP contribution in [-0.2, 0) is 10.1 Å². The van der Waals surface area contributed by atoms with Gasteiger partial charge in [-0.25, -0.2) is 9.59 Å². The summed E-state index contributed by atoms with van der Waals surface area (Å²) in [4.78, 5) is 22.3. The summed E-state index contributed by atoms with van der Waals surface area (Å²) in [6, 6.07) is 10.6. The van der Waals surface area contributed by atoms with E-state index in [9.17, 15) is 18.0 Å². The first kappa shape index (κ1) is 18.8. The van der Waals surface area contributed by atoms with Crippen LogP contribution >= 0.6 is 11.5 Å². The highest BCUT2D eigenvalue weighted by Crippen LogP contribution is 2.32. The third-order valence-electron chi connectivity index (χ3n) is 4.11. The molecule has 4 aromatic rings. The number of aromatic carboxylic acids is 2. The molecule has 0 bridgehead atoms. The molecule has 0 aliphatic carbocycles. The third-order valence-corrected chi connectivity index (χ3v) is 6.19. The normalized spacial score (nSPS) is 11.6. The van der Waals surface area contributed by atoms with Gasteiger partial charge in [-0.2, -0.15) is 8.42 Å². The molecule has 1 aromatic heterocycles. The molecule has 0 saturated heterocycles. The largest absolute Gasteiger partial charge is 0.478 e. The van der Waals surface area contributed by atoms with Crippen molar-refractivity contribution < 1.29 is 32.4 Å². The van der Waals surface area contributed by atoms with Crippen molar-refractivity contribution in [1.82, 2.24) is 9.59 Å². The van der Waals surface area contributed by atoms with E-state index in [-0.39, 0.29) is 4.90 Å². The Labute approximate surface area is 167 Å². The summed E-state index contributed by atoms with van der Waals surface area (Å²) >= 11 is 1.12. The molecule has 0 aliphatic rings. The van der Waals surface area contributed by atoms with Gasteiger partial charge in [0.05, 0.1) is 15.8 Å². The minimum absolute atomic E-state index is 0.150. The monoisotopic (exact) mass is 430 g/mol. The van der Waals surface area contributed by atoms with Crippen molar-refractivity contribution in [1.29, 1.82) is 0 Å². The second-order valence-electron chi connectivity index (χ2n) is 5.93. The molecule has 0 amide bonds. The van der Waals surface area contributed by atoms with Crippen molar-refractivity contribution in [2.75, 3.05) is 0 Å². The minimum Gasteiger partial charge on any atom is -0.478 e. The van der Waals surface area contributed by atoms with Crippen LogP contribution < -0.4 is 4.18 Å². The van der Waals surface area contributed by atoms with Gasteiger partial charge in [0.15, 0.2) is 0 Å². The molecule has 0 aliphatic heterocycles. The van der Waals surface area contributed by atoms with E-state index in [1.807, 2.05) is 0 Å². The van der Waals surface area contributed by atoms with Gasteiger partial charge < -0.3 is 14.4 Å². The van der Waals surface area contributed by atoms with Crippen molar-refractivity contribution >= 4 is 54.6 Å². The van der Waals surface area contributed by atoms with Crippen molar-refractivity contribution in [3.8, 4) is 5.75 Å². The molecule has 1 heterocycles. The molecule has 2 N–H and O–H groups in total. The van der Waals surface area contributed by atoms with Crippen LogP contribution in [0.5, 0.6) is 5.75 Å². The molecule has 0 spiro atoms. The molecule has 29 heavy (non-hydrogen) atoms. The summed E-state index contributed by atoms with van der Waals surface area (Å²) in [5.74, 6) is -3.25. The summed E-state index contributed by atoms with van der Waals surface area (Å²) in [6.07, 6.45) is 0. The van der Waals surface area contributed by atoms with Crippen LogP contribution in [-0.4, -0.2) is 40.2 Å². The lowest BCUT2D eigenvalue weighted by Crippen LogP contribution is -2.12. The SMILES string of the molecule is O=C(O)c1cc(OS(=O)(=O)c2cccc3c2ccc2nnsc23)cc(C(=O)O)c1. The lowest BCUT2D eigenvalue weighted by Gasteiger charge is -2.11. The summed E-state index contributed by atoms with van der Waals surface area (Å²) < 4.78 is 35.5. The van der Waals surface area contributed by atoms with Gasteiger partial charge in [-0.1, -0.05) is 22.7 Å². The van der Waals surface area contributed by atoms with E-state index < -0.39 is 38.9 Å². The summed E-state index contributed by atoms with van der Waals surface area (Å²) in [7, 11) is -4.40. The number of aromatic nitrogens is 2. The molecule has 0 unspecified atom stereocenters. The lowest BCUT2D eigenvalue weighted by atomic mass is 10.1. The molecular weight excluding hydrogens is 420 g/mol. The Balaban J connectivity index is 1.84. The van der Waals surface area contributed by atoms with Crippen LogP contribution in [0.25, 0.3) is 21.0 Å². The first-order valence-electron chi connectivity index (χ1n) is 7.96. The molecule has 0 fully saturated rings. The number of carbonyl (C=O) groups is 2. The Morgan fingerprint density at radius 1 is 0.931 bits per heavy atom. The number of nitrogens with zero attached hydrogens (tertiary/aromatic N) is 2. The van der Waals surface area contributed by atoms with Gasteiger partial charge in [-0.05, 0) is 41.9 Å². The smallest absolute Gasteiger partial charge is 0.339 e. The van der Waals surface area contributed by atoms with Crippen molar-refractivity contribution in [2.45, 2.75) is 4.90 Å². The fourth-order valence-electron chi connectivity index (χ4n) is 2.85. The fraction of sp³-hybridized carbons (Fsp3) is 0. The van der Waals surface area contributed by atoms with E-state index in [1.54, 1.807) is 18.2 Å². The maximum Gasteiger partial charge on any atom is 0.339 e. The van der Waals surface area contributed by atoms with E-state index >= 15 is 0 Å². The molecule has 0 saturated carbocycles. The molecule has 9 nitrogen and oxygen atoms in total. The van der Waals surface area contributed by atoms with Gasteiger partial charge in [0, 0.05) is 10.8 Å². The lowest BCUT2D eigenvalue weighted by molar-refractivity contribution is 0.0696. The number of rotatable bonds is 5. The number of carboxylic acid groups (broad SMARTS) is 2. The van der Waals surface area contributed by atoms with E-state index in [4.69, 9.17) is 14.4 Å². The second-order valence-corrected chi connectivity index (χ2v) is 8.20. The highest BCUT2D eigenvalue weighted by atomic mass is 32.2. The van der Waals surface area contributed by atoms with Crippen molar-refractivity contribution in [2.24, 2.45) is 0 Å². The summed E-state index contributed by atoms with van der Waals surface area (Å²) in [6.45, 7) is 0. The van der Waals surface area contributed by atoms with Gasteiger partial charge in [0.25, 0.3) is 0 Å². The van der Waals surface area contributed by atoms with Gasteiger partial charge in [0.1, 0.15) is 16.2 Å². The summed E-state index contributed by atoms with van der Waals surface area (Å²) in [5, 5.41) is 23.2. The van der Waals surface area contributed by atoms with Crippen molar-refractivity contribution in [3.63, 3.8) is 0 Å². The zero-order valence-electron chi connectivity index (χ0n) is 14.3. The first-order valence-corrected chi connectivity index (χ1v) is 10.1. The fourth-order valence-corrected chi connectivity index (χ4v) is 4.67. The number of hydrogen-bond acceptors (Lipinski definition) is 8. The van der Waals surface area contributed by atoms with Crippen LogP contribution in [0.3, 0.4) is 0 Å². The predicted molar refractivity (Wildman–Crippen MR) is 103 cm³/mol. The number of hydrogen-bond donors (Lipinski definition) is 2. The average molecular weight is 430 g/mol. The highest BCUT2D eigenvalue weighted by molar-refractivity contribution is 7.87. The van der Waals surface area contributed by atoms with Crippen LogP contribution in [0.2, 0.25) is 0 Å². The molecule has 3 aromatic carbocycles. The average Bonchev–Trinajstić information content (AvgIpc) is 3.16. The van der Waals surface area contributed by atoms with Crippen LogP contribution in [0.4, 0.5) is 0 Å². The Bertz CT molecular complexity index is 1380. The van der Waals surface area contributed by atoms with E-state index in [0.29, 0.717) is 21.0 Å². The topological polar surface area (TPSA) is 144 Å². The van der Waals surface area contributed by atoms with Crippen LogP contribution in [0, 0.1) is 0 Å². The number of benzene rings is 3. The molecular formula is C18H10N2O7S2. The van der Waals surface area contributed by atoms with Gasteiger partial charge in [-0.15, -0.1) is 5.10 Å². The standard InChI is InChI=1S/C18H10N2O7S2/c21-17(22)9-6-10(18(23)24)8-11(7-9)27-29(25,26)15-3-1-2-13-12(15)4-5-14-16(13)28-20-19-14/h1-8H,(H,21,22)(H,23,24). The molecule has 4 rings (SSSR count). The Morgan fingerprint density at radius 3 is 2.28 bits per heavy atom. The van der Waals surface area contributed by atoms with Crippen molar-refractivity contribution in [3.05, 3.63) is 59.7 Å². The summed E-state index contributed by atoms with van der Waals surface area (Å²) in [5.41, 5.74) is -0.200. The molecule has 11 heteroatoms. The maximum absolute atomic E-state index is 12.9. The van der Waals surface area contributed by atoms with E-state index in [1.165, 1.54) is 12.1 Å². The van der Waals surface area contributed by atoms with Crippen LogP contribution in [0.1, 0.15) is 20.7 Å². The first-order chi connectivity index (χ1) is 13.8. The molecule has 0 atom stereocenters. The highest BCUT2D eigenvalue weighted by Gasteiger charge is 2.23. The Morgan fingerprint density at radius 2 is 1.62 bits per heavy atom. The van der Waals surface area contributed by atoms with E-state index in [0.717, 1.165) is 29.7 Å². The van der Waals surface area contributed by atoms with Crippen LogP contribution in [0.15, 0.2) is 53.4 Å².